The van der Waals surface area contributed by atoms with Crippen LogP contribution in [-0.2, 0) is 11.3 Å². The van der Waals surface area contributed by atoms with Crippen LogP contribution >= 0.6 is 27.7 Å². The Kier molecular flexibility index (Phi) is 5.68. The largest absolute Gasteiger partial charge is 0.493 e. The summed E-state index contributed by atoms with van der Waals surface area (Å²) < 4.78 is 11.4. The van der Waals surface area contributed by atoms with Crippen molar-refractivity contribution in [2.75, 3.05) is 14.2 Å². The van der Waals surface area contributed by atoms with Gasteiger partial charge in [0.1, 0.15) is 0 Å². The number of methoxy groups -OCH3 is 2. The van der Waals surface area contributed by atoms with Crippen LogP contribution in [0.1, 0.15) is 11.1 Å². The highest BCUT2D eigenvalue weighted by Crippen LogP contribution is 2.35. The molecule has 1 saturated heterocycles. The zero-order valence-electron chi connectivity index (χ0n) is 14.2. The van der Waals surface area contributed by atoms with Crippen LogP contribution in [0.3, 0.4) is 0 Å². The molecule has 2 aromatic rings. The van der Waals surface area contributed by atoms with Crippen LogP contribution in [0.5, 0.6) is 11.5 Å². The summed E-state index contributed by atoms with van der Waals surface area (Å²) in [7, 11) is 3.11. The predicted octanol–water partition coefficient (Wildman–Crippen LogP) is 4.70. The molecule has 0 aliphatic carbocycles. The zero-order chi connectivity index (χ0) is 18.7. The van der Waals surface area contributed by atoms with Crippen molar-refractivity contribution in [1.82, 2.24) is 4.90 Å². The number of rotatable bonds is 5. The Morgan fingerprint density at radius 3 is 2.38 bits per heavy atom. The number of amides is 2. The first kappa shape index (κ1) is 18.5. The number of halogens is 1. The number of carbonyl (C=O) groups is 2. The Hall–Kier alpha value is -2.25. The van der Waals surface area contributed by atoms with E-state index in [4.69, 9.17) is 9.47 Å². The van der Waals surface area contributed by atoms with Gasteiger partial charge in [0, 0.05) is 4.47 Å². The highest BCUT2D eigenvalue weighted by atomic mass is 79.9. The molecule has 26 heavy (non-hydrogen) atoms. The first-order valence-corrected chi connectivity index (χ1v) is 9.34. The average Bonchev–Trinajstić information content (AvgIpc) is 2.90. The molecule has 2 aromatic carbocycles. The molecular weight excluding hydrogens is 418 g/mol. The minimum absolute atomic E-state index is 0.251. The van der Waals surface area contributed by atoms with Crippen molar-refractivity contribution >= 4 is 44.9 Å². The van der Waals surface area contributed by atoms with Gasteiger partial charge in [-0.15, -0.1) is 0 Å². The van der Waals surface area contributed by atoms with Gasteiger partial charge in [0.2, 0.25) is 0 Å². The lowest BCUT2D eigenvalue weighted by atomic mass is 10.1. The average molecular weight is 434 g/mol. The molecule has 1 fully saturated rings. The van der Waals surface area contributed by atoms with E-state index in [0.717, 1.165) is 27.4 Å². The molecule has 3 rings (SSSR count). The molecule has 0 radical (unpaired) electrons. The minimum Gasteiger partial charge on any atom is -0.493 e. The van der Waals surface area contributed by atoms with E-state index in [2.05, 4.69) is 15.9 Å². The third kappa shape index (κ3) is 3.94. The first-order chi connectivity index (χ1) is 12.5. The van der Waals surface area contributed by atoms with E-state index < -0.39 is 0 Å². The van der Waals surface area contributed by atoms with Crippen molar-refractivity contribution in [3.05, 3.63) is 63.0 Å². The number of imide groups is 1. The Labute approximate surface area is 164 Å². The second-order valence-corrected chi connectivity index (χ2v) is 7.42. The molecule has 1 aliphatic rings. The lowest BCUT2D eigenvalue weighted by Gasteiger charge is -2.12. The lowest BCUT2D eigenvalue weighted by Crippen LogP contribution is -2.27. The summed E-state index contributed by atoms with van der Waals surface area (Å²) >= 11 is 4.31. The fourth-order valence-electron chi connectivity index (χ4n) is 2.50. The molecule has 5 nitrogen and oxygen atoms in total. The van der Waals surface area contributed by atoms with Gasteiger partial charge in [-0.3, -0.25) is 14.5 Å². The van der Waals surface area contributed by atoms with Crippen molar-refractivity contribution in [1.29, 1.82) is 0 Å². The van der Waals surface area contributed by atoms with Crippen molar-refractivity contribution in [3.63, 3.8) is 0 Å². The Morgan fingerprint density at radius 1 is 1.04 bits per heavy atom. The Morgan fingerprint density at radius 2 is 1.73 bits per heavy atom. The quantitative estimate of drug-likeness (QED) is 0.639. The standard InChI is InChI=1S/C19H16BrNO4S/c1-24-15-8-5-13(9-16(15)25-2)10-17-18(22)21(19(23)26-17)11-12-3-6-14(20)7-4-12/h3-10H,11H2,1-2H3/b17-10+. The van der Waals surface area contributed by atoms with Gasteiger partial charge in [-0.2, -0.15) is 0 Å². The summed E-state index contributed by atoms with van der Waals surface area (Å²) in [6.45, 7) is 0.251. The SMILES string of the molecule is COc1ccc(/C=C2/SC(=O)N(Cc3ccc(Br)cc3)C2=O)cc1OC. The number of benzene rings is 2. The predicted molar refractivity (Wildman–Crippen MR) is 105 cm³/mol. The van der Waals surface area contributed by atoms with Crippen molar-refractivity contribution in [2.45, 2.75) is 6.54 Å². The van der Waals surface area contributed by atoms with E-state index in [1.54, 1.807) is 32.4 Å². The molecule has 1 heterocycles. The van der Waals surface area contributed by atoms with Gasteiger partial charge in [0.05, 0.1) is 25.7 Å². The van der Waals surface area contributed by atoms with Crippen LogP contribution in [0.2, 0.25) is 0 Å². The number of nitrogens with zero attached hydrogens (tertiary/aromatic N) is 1. The molecule has 7 heteroatoms. The summed E-state index contributed by atoms with van der Waals surface area (Å²) in [6, 6.07) is 12.9. The molecule has 134 valence electrons. The van der Waals surface area contributed by atoms with Gasteiger partial charge < -0.3 is 9.47 Å². The van der Waals surface area contributed by atoms with Crippen LogP contribution in [0.15, 0.2) is 51.8 Å². The smallest absolute Gasteiger partial charge is 0.293 e. The highest BCUT2D eigenvalue weighted by Gasteiger charge is 2.35. The maximum atomic E-state index is 12.6. The van der Waals surface area contributed by atoms with Crippen molar-refractivity contribution in [2.24, 2.45) is 0 Å². The Balaban J connectivity index is 1.81. The van der Waals surface area contributed by atoms with Gasteiger partial charge in [0.25, 0.3) is 11.1 Å². The van der Waals surface area contributed by atoms with Crippen LogP contribution in [0.25, 0.3) is 6.08 Å². The molecule has 1 aliphatic heterocycles. The third-order valence-corrected chi connectivity index (χ3v) is 5.27. The first-order valence-electron chi connectivity index (χ1n) is 7.73. The van der Waals surface area contributed by atoms with E-state index in [-0.39, 0.29) is 17.7 Å². The fourth-order valence-corrected chi connectivity index (χ4v) is 3.61. The summed E-state index contributed by atoms with van der Waals surface area (Å²) in [4.78, 5) is 26.5. The van der Waals surface area contributed by atoms with Crippen LogP contribution < -0.4 is 9.47 Å². The van der Waals surface area contributed by atoms with E-state index in [9.17, 15) is 9.59 Å². The lowest BCUT2D eigenvalue weighted by molar-refractivity contribution is -0.123. The fraction of sp³-hybridized carbons (Fsp3) is 0.158. The maximum Gasteiger partial charge on any atom is 0.293 e. The molecule has 2 amide bonds. The van der Waals surface area contributed by atoms with Crippen molar-refractivity contribution < 1.29 is 19.1 Å². The van der Waals surface area contributed by atoms with E-state index in [1.807, 2.05) is 30.3 Å². The Bertz CT molecular complexity index is 880. The van der Waals surface area contributed by atoms with Gasteiger partial charge in [0.15, 0.2) is 11.5 Å². The van der Waals surface area contributed by atoms with E-state index in [1.165, 1.54) is 4.90 Å². The third-order valence-electron chi connectivity index (χ3n) is 3.83. The number of thioether (sulfide) groups is 1. The number of carbonyl (C=O) groups excluding carboxylic acids is 2. The van der Waals surface area contributed by atoms with Crippen molar-refractivity contribution in [3.8, 4) is 11.5 Å². The second kappa shape index (κ2) is 7.97. The van der Waals surface area contributed by atoms with E-state index in [0.29, 0.717) is 16.4 Å². The van der Waals surface area contributed by atoms with Crippen LogP contribution in [-0.4, -0.2) is 30.3 Å². The van der Waals surface area contributed by atoms with Gasteiger partial charge >= 0.3 is 0 Å². The molecule has 0 unspecified atom stereocenters. The molecular formula is C19H16BrNO4S. The van der Waals surface area contributed by atoms with Crippen LogP contribution in [0, 0.1) is 0 Å². The van der Waals surface area contributed by atoms with E-state index >= 15 is 0 Å². The molecule has 0 aromatic heterocycles. The van der Waals surface area contributed by atoms with Gasteiger partial charge in [-0.05, 0) is 53.2 Å². The highest BCUT2D eigenvalue weighted by molar-refractivity contribution is 9.10. The second-order valence-electron chi connectivity index (χ2n) is 5.51. The molecule has 0 saturated carbocycles. The monoisotopic (exact) mass is 433 g/mol. The zero-order valence-corrected chi connectivity index (χ0v) is 16.6. The summed E-state index contributed by atoms with van der Waals surface area (Å²) in [5, 5.41) is -0.273. The summed E-state index contributed by atoms with van der Waals surface area (Å²) in [6.07, 6.45) is 1.69. The molecule has 0 N–H and O–H groups in total. The van der Waals surface area contributed by atoms with Crippen LogP contribution in [0.4, 0.5) is 4.79 Å². The molecule has 0 atom stereocenters. The maximum absolute atomic E-state index is 12.6. The molecule has 0 spiro atoms. The number of ether oxygens (including phenoxy) is 2. The minimum atomic E-state index is -0.294. The topological polar surface area (TPSA) is 55.8 Å². The molecule has 0 bridgehead atoms. The van der Waals surface area contributed by atoms with Gasteiger partial charge in [-0.1, -0.05) is 34.1 Å². The van der Waals surface area contributed by atoms with Gasteiger partial charge in [-0.25, -0.2) is 0 Å². The number of hydrogen-bond donors (Lipinski definition) is 0. The summed E-state index contributed by atoms with van der Waals surface area (Å²) in [5.74, 6) is 0.876. The normalized spacial score (nSPS) is 15.7. The number of hydrogen-bond acceptors (Lipinski definition) is 5. The summed E-state index contributed by atoms with van der Waals surface area (Å²) in [5.41, 5.74) is 1.65.